The smallest absolute Gasteiger partial charge is 0.255 e. The van der Waals surface area contributed by atoms with Crippen molar-refractivity contribution in [2.24, 2.45) is 4.99 Å². The van der Waals surface area contributed by atoms with Crippen molar-refractivity contribution in [3.05, 3.63) is 112 Å². The van der Waals surface area contributed by atoms with Gasteiger partial charge in [-0.2, -0.15) is 5.26 Å². The molecule has 4 nitrogen and oxygen atoms in total. The van der Waals surface area contributed by atoms with E-state index in [0.717, 1.165) is 49.8 Å². The van der Waals surface area contributed by atoms with Crippen LogP contribution in [0.25, 0.3) is 5.69 Å². The van der Waals surface area contributed by atoms with Gasteiger partial charge in [-0.25, -0.2) is 0 Å². The lowest BCUT2D eigenvalue weighted by Crippen LogP contribution is -2.17. The zero-order valence-electron chi connectivity index (χ0n) is 18.6. The zero-order valence-corrected chi connectivity index (χ0v) is 18.6. The topological polar surface area (TPSA) is 58.1 Å². The van der Waals surface area contributed by atoms with Crippen molar-refractivity contribution < 1.29 is 0 Å². The molecule has 1 heterocycles. The number of hydrogen-bond acceptors (Lipinski definition) is 3. The molecule has 1 aromatic heterocycles. The number of hydrogen-bond donors (Lipinski definition) is 0. The summed E-state index contributed by atoms with van der Waals surface area (Å²) in [5.74, 6) is 0. The summed E-state index contributed by atoms with van der Waals surface area (Å²) in [6.45, 7) is 2.07. The Kier molecular flexibility index (Phi) is 8.77. The largest absolute Gasteiger partial charge is 0.284 e. The summed E-state index contributed by atoms with van der Waals surface area (Å²) in [5, 5.41) is 8.86. The first-order valence-electron chi connectivity index (χ1n) is 11.1. The average molecular weight is 424 g/mol. The van der Waals surface area contributed by atoms with E-state index in [2.05, 4.69) is 18.0 Å². The molecular formula is C28H29N3O. The highest BCUT2D eigenvalue weighted by molar-refractivity contribution is 5.58. The van der Waals surface area contributed by atoms with Crippen molar-refractivity contribution in [3.63, 3.8) is 0 Å². The van der Waals surface area contributed by atoms with Crippen molar-refractivity contribution >= 4 is 6.21 Å². The number of nitriles is 1. The predicted molar refractivity (Wildman–Crippen MR) is 131 cm³/mol. The van der Waals surface area contributed by atoms with Crippen LogP contribution in [-0.2, 0) is 12.8 Å². The lowest BCUT2D eigenvalue weighted by molar-refractivity contribution is 0.697. The van der Waals surface area contributed by atoms with Crippen LogP contribution in [0.5, 0.6) is 0 Å². The Labute approximate surface area is 190 Å². The van der Waals surface area contributed by atoms with Crippen LogP contribution in [0.3, 0.4) is 0 Å². The van der Waals surface area contributed by atoms with Gasteiger partial charge in [0, 0.05) is 30.4 Å². The average Bonchev–Trinajstić information content (AvgIpc) is 2.82. The molecule has 0 saturated carbocycles. The molecular weight excluding hydrogens is 394 g/mol. The molecule has 2 aromatic carbocycles. The number of aromatic nitrogens is 1. The van der Waals surface area contributed by atoms with Crippen molar-refractivity contribution in [2.75, 3.05) is 0 Å². The number of pyridine rings is 1. The molecule has 0 atom stereocenters. The second-order valence-electron chi connectivity index (χ2n) is 7.97. The second kappa shape index (κ2) is 12.2. The minimum Gasteiger partial charge on any atom is -0.284 e. The van der Waals surface area contributed by atoms with Crippen molar-refractivity contribution in [1.82, 2.24) is 4.57 Å². The highest BCUT2D eigenvalue weighted by Gasteiger charge is 2.01. The molecule has 3 rings (SSSR count). The predicted octanol–water partition coefficient (Wildman–Crippen LogP) is 6.03. The molecule has 0 aliphatic rings. The molecule has 32 heavy (non-hydrogen) atoms. The SMILES string of the molecule is C/C(=C\N=CCCCCCc1ccn(-c2ccccc2)c(=O)c1)Cc1ccc(C#N)cc1. The number of aryl methyl sites for hydroxylation is 1. The molecule has 162 valence electrons. The Morgan fingerprint density at radius 1 is 1.00 bits per heavy atom. The van der Waals surface area contributed by atoms with Gasteiger partial charge in [-0.1, -0.05) is 42.3 Å². The minimum absolute atomic E-state index is 0.0176. The van der Waals surface area contributed by atoms with E-state index in [4.69, 9.17) is 5.26 Å². The Morgan fingerprint density at radius 3 is 2.50 bits per heavy atom. The summed E-state index contributed by atoms with van der Waals surface area (Å²) in [5.41, 5.74) is 5.07. The molecule has 0 spiro atoms. The Morgan fingerprint density at radius 2 is 1.78 bits per heavy atom. The molecule has 3 aromatic rings. The van der Waals surface area contributed by atoms with Gasteiger partial charge in [-0.05, 0) is 80.5 Å². The van der Waals surface area contributed by atoms with E-state index in [-0.39, 0.29) is 5.56 Å². The molecule has 0 unspecified atom stereocenters. The van der Waals surface area contributed by atoms with Crippen LogP contribution in [0, 0.1) is 11.3 Å². The number of rotatable bonds is 10. The van der Waals surface area contributed by atoms with E-state index in [0.29, 0.717) is 5.56 Å². The number of aliphatic imine (C=N–C) groups is 1. The quantitative estimate of drug-likeness (QED) is 0.295. The Balaban J connectivity index is 1.35. The van der Waals surface area contributed by atoms with Gasteiger partial charge in [0.15, 0.2) is 0 Å². The second-order valence-corrected chi connectivity index (χ2v) is 7.97. The van der Waals surface area contributed by atoms with Gasteiger partial charge in [-0.3, -0.25) is 14.4 Å². The third-order valence-electron chi connectivity index (χ3n) is 5.28. The molecule has 0 fully saturated rings. The lowest BCUT2D eigenvalue weighted by Gasteiger charge is -2.07. The summed E-state index contributed by atoms with van der Waals surface area (Å²) in [7, 11) is 0. The Bertz CT molecular complexity index is 1150. The fourth-order valence-corrected chi connectivity index (χ4v) is 3.54. The molecule has 0 N–H and O–H groups in total. The first-order valence-corrected chi connectivity index (χ1v) is 11.1. The van der Waals surface area contributed by atoms with Crippen LogP contribution in [-0.4, -0.2) is 10.8 Å². The van der Waals surface area contributed by atoms with Crippen LogP contribution in [0.4, 0.5) is 0 Å². The molecule has 0 aliphatic heterocycles. The zero-order chi connectivity index (χ0) is 22.6. The van der Waals surface area contributed by atoms with Crippen molar-refractivity contribution in [1.29, 1.82) is 5.26 Å². The van der Waals surface area contributed by atoms with Gasteiger partial charge >= 0.3 is 0 Å². The first-order chi connectivity index (χ1) is 15.7. The molecule has 0 amide bonds. The standard InChI is InChI=1S/C28H29N3O/c1-23(19-25-12-14-26(21-29)15-13-25)22-30-17-8-3-2-5-9-24-16-18-31(28(32)20-24)27-10-6-4-7-11-27/h4,6-7,10-18,20,22H,2-3,5,8-9,19H2,1H3/b23-22+,30-17?. The van der Waals surface area contributed by atoms with E-state index in [1.807, 2.05) is 79.3 Å². The summed E-state index contributed by atoms with van der Waals surface area (Å²) < 4.78 is 1.68. The fraction of sp³-hybridized carbons (Fsp3) is 0.250. The summed E-state index contributed by atoms with van der Waals surface area (Å²) >= 11 is 0. The molecule has 0 aliphatic carbocycles. The van der Waals surface area contributed by atoms with Gasteiger partial charge in [0.1, 0.15) is 0 Å². The third-order valence-corrected chi connectivity index (χ3v) is 5.28. The van der Waals surface area contributed by atoms with E-state index >= 15 is 0 Å². The molecule has 0 bridgehead atoms. The van der Waals surface area contributed by atoms with E-state index in [1.54, 1.807) is 10.6 Å². The monoisotopic (exact) mass is 423 g/mol. The molecule has 0 radical (unpaired) electrons. The highest BCUT2D eigenvalue weighted by Crippen LogP contribution is 2.10. The van der Waals surface area contributed by atoms with Gasteiger partial charge in [0.2, 0.25) is 0 Å². The van der Waals surface area contributed by atoms with Crippen molar-refractivity contribution in [3.8, 4) is 11.8 Å². The number of unbranched alkanes of at least 4 members (excludes halogenated alkanes) is 3. The highest BCUT2D eigenvalue weighted by atomic mass is 16.1. The molecule has 4 heteroatoms. The van der Waals surface area contributed by atoms with Gasteiger partial charge in [-0.15, -0.1) is 0 Å². The minimum atomic E-state index is 0.0176. The summed E-state index contributed by atoms with van der Waals surface area (Å²) in [6.07, 6.45) is 11.7. The Hall–Kier alpha value is -3.71. The van der Waals surface area contributed by atoms with Gasteiger partial charge < -0.3 is 0 Å². The maximum Gasteiger partial charge on any atom is 0.255 e. The maximum atomic E-state index is 12.4. The van der Waals surface area contributed by atoms with E-state index in [9.17, 15) is 4.79 Å². The van der Waals surface area contributed by atoms with Gasteiger partial charge in [0.25, 0.3) is 5.56 Å². The number of para-hydroxylation sites is 1. The number of benzene rings is 2. The van der Waals surface area contributed by atoms with Crippen LogP contribution in [0.15, 0.2) is 94.5 Å². The lowest BCUT2D eigenvalue weighted by atomic mass is 10.1. The first kappa shape index (κ1) is 23.0. The maximum absolute atomic E-state index is 12.4. The summed E-state index contributed by atoms with van der Waals surface area (Å²) in [6, 6.07) is 23.3. The van der Waals surface area contributed by atoms with Crippen LogP contribution >= 0.6 is 0 Å². The normalized spacial score (nSPS) is 11.6. The van der Waals surface area contributed by atoms with Crippen molar-refractivity contribution in [2.45, 2.75) is 45.4 Å². The summed E-state index contributed by atoms with van der Waals surface area (Å²) in [4.78, 5) is 16.8. The van der Waals surface area contributed by atoms with Crippen LogP contribution in [0.2, 0.25) is 0 Å². The molecule has 0 saturated heterocycles. The van der Waals surface area contributed by atoms with Gasteiger partial charge in [0.05, 0.1) is 11.6 Å². The number of allylic oxidation sites excluding steroid dienone is 1. The van der Waals surface area contributed by atoms with Crippen LogP contribution in [0.1, 0.15) is 49.3 Å². The van der Waals surface area contributed by atoms with E-state index < -0.39 is 0 Å². The van der Waals surface area contributed by atoms with E-state index in [1.165, 1.54) is 11.1 Å². The third kappa shape index (κ3) is 7.21. The fourth-order valence-electron chi connectivity index (χ4n) is 3.54. The number of nitrogens with zero attached hydrogens (tertiary/aromatic N) is 3. The van der Waals surface area contributed by atoms with Crippen LogP contribution < -0.4 is 5.56 Å².